The van der Waals surface area contributed by atoms with E-state index in [0.29, 0.717) is 0 Å². The van der Waals surface area contributed by atoms with Crippen LogP contribution in [0.2, 0.25) is 5.02 Å². The van der Waals surface area contributed by atoms with Gasteiger partial charge in [0.15, 0.2) is 0 Å². The number of hydrogen-bond acceptors (Lipinski definition) is 3. The summed E-state index contributed by atoms with van der Waals surface area (Å²) in [6, 6.07) is 2.19. The lowest BCUT2D eigenvalue weighted by Crippen LogP contribution is -2.04. The number of nitro groups is 1. The number of rotatable bonds is 3. The van der Waals surface area contributed by atoms with Crippen LogP contribution in [-0.4, -0.2) is 11.5 Å². The van der Waals surface area contributed by atoms with Crippen LogP contribution in [0.5, 0.6) is 5.75 Å². The smallest absolute Gasteiger partial charge is 0.387 e. The van der Waals surface area contributed by atoms with E-state index in [1.54, 1.807) is 0 Å². The first-order chi connectivity index (χ1) is 6.91. The highest BCUT2D eigenvalue weighted by Crippen LogP contribution is 2.32. The molecule has 0 bridgehead atoms. The quantitative estimate of drug-likeness (QED) is 0.599. The lowest BCUT2D eigenvalue weighted by molar-refractivity contribution is -0.385. The lowest BCUT2D eigenvalue weighted by Gasteiger charge is -2.08. The molecule has 0 amide bonds. The minimum Gasteiger partial charge on any atom is -0.434 e. The molecule has 4 nitrogen and oxygen atoms in total. The van der Waals surface area contributed by atoms with Gasteiger partial charge in [-0.2, -0.15) is 8.78 Å². The molecule has 1 aromatic rings. The van der Waals surface area contributed by atoms with Crippen molar-refractivity contribution < 1.29 is 18.4 Å². The van der Waals surface area contributed by atoms with Gasteiger partial charge in [0.25, 0.3) is 5.69 Å². The Morgan fingerprint density at radius 2 is 2.13 bits per heavy atom. The van der Waals surface area contributed by atoms with Crippen LogP contribution in [0.1, 0.15) is 5.56 Å². The molecule has 0 N–H and O–H groups in total. The van der Waals surface area contributed by atoms with E-state index in [-0.39, 0.29) is 22.0 Å². The molecule has 7 heteroatoms. The lowest BCUT2D eigenvalue weighted by atomic mass is 10.2. The van der Waals surface area contributed by atoms with Crippen molar-refractivity contribution in [2.45, 2.75) is 13.5 Å². The minimum atomic E-state index is -3.04. The first-order valence-electron chi connectivity index (χ1n) is 3.81. The Morgan fingerprint density at radius 1 is 1.53 bits per heavy atom. The summed E-state index contributed by atoms with van der Waals surface area (Å²) < 4.78 is 28.0. The third-order valence-electron chi connectivity index (χ3n) is 1.71. The van der Waals surface area contributed by atoms with Crippen LogP contribution < -0.4 is 4.74 Å². The summed E-state index contributed by atoms with van der Waals surface area (Å²) in [6.45, 7) is -1.73. The largest absolute Gasteiger partial charge is 0.434 e. The predicted molar refractivity (Wildman–Crippen MR) is 49.5 cm³/mol. The molecule has 0 fully saturated rings. The number of nitrogens with zero attached hydrogens (tertiary/aromatic N) is 1. The van der Waals surface area contributed by atoms with Gasteiger partial charge < -0.3 is 4.74 Å². The summed E-state index contributed by atoms with van der Waals surface area (Å²) in [7, 11) is 0. The molecule has 82 valence electrons. The molecule has 0 atom stereocenters. The van der Waals surface area contributed by atoms with Crippen molar-refractivity contribution in [2.24, 2.45) is 0 Å². The highest BCUT2D eigenvalue weighted by molar-refractivity contribution is 6.31. The minimum absolute atomic E-state index is 0.0182. The number of nitro benzene ring substituents is 1. The second-order valence-corrected chi connectivity index (χ2v) is 3.12. The molecule has 0 radical (unpaired) electrons. The average Bonchev–Trinajstić information content (AvgIpc) is 2.09. The second kappa shape index (κ2) is 4.39. The zero-order valence-electron chi connectivity index (χ0n) is 7.54. The summed E-state index contributed by atoms with van der Waals surface area (Å²) in [5.74, 6) is -0.288. The first-order valence-corrected chi connectivity index (χ1v) is 4.19. The number of benzene rings is 1. The molecular weight excluding hydrogens is 232 g/mol. The van der Waals surface area contributed by atoms with Gasteiger partial charge in [-0.1, -0.05) is 11.6 Å². The van der Waals surface area contributed by atoms with Crippen molar-refractivity contribution in [2.75, 3.05) is 0 Å². The first kappa shape index (κ1) is 11.6. The Bertz CT molecular complexity index is 398. The van der Waals surface area contributed by atoms with Crippen molar-refractivity contribution in [1.82, 2.24) is 0 Å². The molecule has 0 aliphatic heterocycles. The Hall–Kier alpha value is -1.43. The van der Waals surface area contributed by atoms with Gasteiger partial charge in [0.05, 0.1) is 15.5 Å². The van der Waals surface area contributed by atoms with Crippen molar-refractivity contribution in [3.63, 3.8) is 0 Å². The van der Waals surface area contributed by atoms with E-state index in [4.69, 9.17) is 11.6 Å². The zero-order valence-corrected chi connectivity index (χ0v) is 8.29. The number of ether oxygens (including phenoxy) is 1. The van der Waals surface area contributed by atoms with Crippen LogP contribution in [0.15, 0.2) is 12.1 Å². The fourth-order valence-electron chi connectivity index (χ4n) is 1.05. The Balaban J connectivity index is 3.22. The number of hydrogen-bond donors (Lipinski definition) is 0. The van der Waals surface area contributed by atoms with Crippen molar-refractivity contribution in [3.8, 4) is 5.75 Å². The molecule has 15 heavy (non-hydrogen) atoms. The maximum Gasteiger partial charge on any atom is 0.387 e. The monoisotopic (exact) mass is 237 g/mol. The van der Waals surface area contributed by atoms with Crippen molar-refractivity contribution >= 4 is 17.3 Å². The third-order valence-corrected chi connectivity index (χ3v) is 1.93. The van der Waals surface area contributed by atoms with Gasteiger partial charge in [-0.3, -0.25) is 10.1 Å². The highest BCUT2D eigenvalue weighted by Gasteiger charge is 2.18. The summed E-state index contributed by atoms with van der Waals surface area (Å²) in [5, 5.41) is 10.5. The van der Waals surface area contributed by atoms with E-state index in [1.807, 2.05) is 0 Å². The fraction of sp³-hybridized carbons (Fsp3) is 0.250. The summed E-state index contributed by atoms with van der Waals surface area (Å²) in [5.41, 5.74) is -0.331. The molecule has 0 spiro atoms. The van der Waals surface area contributed by atoms with Gasteiger partial charge in [-0.25, -0.2) is 0 Å². The molecular formula is C8H6ClF2NO3. The summed E-state index contributed by atoms with van der Waals surface area (Å²) in [6.07, 6.45) is 0. The summed E-state index contributed by atoms with van der Waals surface area (Å²) in [4.78, 5) is 9.81. The van der Waals surface area contributed by atoms with Gasteiger partial charge in [0.1, 0.15) is 5.75 Å². The molecule has 0 aliphatic rings. The average molecular weight is 238 g/mol. The van der Waals surface area contributed by atoms with Crippen LogP contribution in [0.3, 0.4) is 0 Å². The van der Waals surface area contributed by atoms with Crippen molar-refractivity contribution in [1.29, 1.82) is 0 Å². The van der Waals surface area contributed by atoms with E-state index in [1.165, 1.54) is 6.92 Å². The SMILES string of the molecule is Cc1c(OC(F)F)cc(Cl)cc1[N+](=O)[O-]. The van der Waals surface area contributed by atoms with Crippen LogP contribution >= 0.6 is 11.6 Å². The number of alkyl halides is 2. The van der Waals surface area contributed by atoms with E-state index in [2.05, 4.69) is 4.74 Å². The van der Waals surface area contributed by atoms with E-state index < -0.39 is 11.5 Å². The van der Waals surface area contributed by atoms with Gasteiger partial charge >= 0.3 is 6.61 Å². The van der Waals surface area contributed by atoms with E-state index in [9.17, 15) is 18.9 Å². The predicted octanol–water partition coefficient (Wildman–Crippen LogP) is 3.16. The maximum absolute atomic E-state index is 11.9. The highest BCUT2D eigenvalue weighted by atomic mass is 35.5. The van der Waals surface area contributed by atoms with E-state index in [0.717, 1.165) is 12.1 Å². The van der Waals surface area contributed by atoms with Crippen LogP contribution in [0.25, 0.3) is 0 Å². The molecule has 1 aromatic carbocycles. The third kappa shape index (κ3) is 2.76. The summed E-state index contributed by atoms with van der Waals surface area (Å²) >= 11 is 5.52. The van der Waals surface area contributed by atoms with Crippen LogP contribution in [-0.2, 0) is 0 Å². The van der Waals surface area contributed by atoms with Crippen LogP contribution in [0, 0.1) is 17.0 Å². The molecule has 0 heterocycles. The molecule has 0 aliphatic carbocycles. The van der Waals surface area contributed by atoms with Gasteiger partial charge in [0.2, 0.25) is 0 Å². The topological polar surface area (TPSA) is 52.4 Å². The van der Waals surface area contributed by atoms with Gasteiger partial charge in [-0.05, 0) is 13.0 Å². The molecule has 1 rings (SSSR count). The normalized spacial score (nSPS) is 10.5. The van der Waals surface area contributed by atoms with Gasteiger partial charge in [-0.15, -0.1) is 0 Å². The van der Waals surface area contributed by atoms with Crippen molar-refractivity contribution in [3.05, 3.63) is 32.8 Å². The molecule has 0 saturated heterocycles. The Morgan fingerprint density at radius 3 is 2.60 bits per heavy atom. The zero-order chi connectivity index (χ0) is 11.6. The fourth-order valence-corrected chi connectivity index (χ4v) is 1.25. The molecule has 0 aromatic heterocycles. The maximum atomic E-state index is 11.9. The second-order valence-electron chi connectivity index (χ2n) is 2.68. The Labute approximate surface area is 88.6 Å². The number of halogens is 3. The van der Waals surface area contributed by atoms with Gasteiger partial charge in [0, 0.05) is 6.07 Å². The molecule has 0 saturated carbocycles. The Kier molecular flexibility index (Phi) is 3.41. The van der Waals surface area contributed by atoms with Crippen LogP contribution in [0.4, 0.5) is 14.5 Å². The molecule has 0 unspecified atom stereocenters. The standard InChI is InChI=1S/C8H6ClF2NO3/c1-4-6(12(13)14)2-5(9)3-7(4)15-8(10)11/h2-3,8H,1H3. The van der Waals surface area contributed by atoms with E-state index >= 15 is 0 Å².